The van der Waals surface area contributed by atoms with Crippen molar-refractivity contribution in [3.63, 3.8) is 0 Å². The Labute approximate surface area is 253 Å². The SMILES string of the molecule is CC(=O)OC1CC(C)(COc2ccc(Cc3sc(=O)[nH]c3O)cc2)Oc2c(C)c(C)c(OC(=O)c3ccccc3)c(C)c21. The molecule has 0 fully saturated rings. The molecule has 43 heavy (non-hydrogen) atoms. The summed E-state index contributed by atoms with van der Waals surface area (Å²) in [5, 5.41) is 9.87. The quantitative estimate of drug-likeness (QED) is 0.183. The van der Waals surface area contributed by atoms with E-state index in [1.807, 2.05) is 58.0 Å². The van der Waals surface area contributed by atoms with Crippen LogP contribution in [0.25, 0.3) is 0 Å². The molecule has 0 amide bonds. The van der Waals surface area contributed by atoms with E-state index >= 15 is 0 Å². The number of benzene rings is 3. The van der Waals surface area contributed by atoms with Crippen LogP contribution in [-0.4, -0.2) is 34.2 Å². The summed E-state index contributed by atoms with van der Waals surface area (Å²) in [6.45, 7) is 9.05. The fourth-order valence-electron chi connectivity index (χ4n) is 5.28. The molecule has 1 aliphatic rings. The first-order valence-corrected chi connectivity index (χ1v) is 14.7. The Morgan fingerprint density at radius 3 is 2.37 bits per heavy atom. The highest BCUT2D eigenvalue weighted by atomic mass is 32.1. The number of aromatic amines is 1. The fraction of sp³-hybridized carbons (Fsp3) is 0.303. The van der Waals surface area contributed by atoms with E-state index in [1.54, 1.807) is 24.3 Å². The van der Waals surface area contributed by atoms with Crippen molar-refractivity contribution >= 4 is 23.3 Å². The van der Waals surface area contributed by atoms with Gasteiger partial charge in [0.2, 0.25) is 5.88 Å². The average molecular weight is 604 g/mol. The van der Waals surface area contributed by atoms with E-state index < -0.39 is 23.6 Å². The zero-order chi connectivity index (χ0) is 30.9. The molecule has 2 atom stereocenters. The Bertz CT molecular complexity index is 1720. The molecule has 0 radical (unpaired) electrons. The normalized spacial score (nSPS) is 17.5. The van der Waals surface area contributed by atoms with E-state index in [-0.39, 0.29) is 17.4 Å². The predicted octanol–water partition coefficient (Wildman–Crippen LogP) is 6.10. The largest absolute Gasteiger partial charge is 0.494 e. The van der Waals surface area contributed by atoms with Crippen molar-refractivity contribution in [3.8, 4) is 23.1 Å². The molecule has 1 aliphatic heterocycles. The van der Waals surface area contributed by atoms with Crippen LogP contribution in [0.4, 0.5) is 0 Å². The molecule has 0 spiro atoms. The lowest BCUT2D eigenvalue weighted by molar-refractivity contribution is -0.151. The van der Waals surface area contributed by atoms with Gasteiger partial charge in [-0.15, -0.1) is 0 Å². The number of fused-ring (bicyclic) bond motifs is 1. The van der Waals surface area contributed by atoms with Gasteiger partial charge in [-0.2, -0.15) is 0 Å². The van der Waals surface area contributed by atoms with E-state index in [2.05, 4.69) is 4.98 Å². The first-order chi connectivity index (χ1) is 20.4. The first kappa shape index (κ1) is 29.9. The monoisotopic (exact) mass is 603 g/mol. The number of hydrogen-bond donors (Lipinski definition) is 2. The van der Waals surface area contributed by atoms with Gasteiger partial charge in [0, 0.05) is 30.9 Å². The van der Waals surface area contributed by atoms with Crippen molar-refractivity contribution < 1.29 is 33.6 Å². The molecule has 0 saturated carbocycles. The van der Waals surface area contributed by atoms with E-state index in [1.165, 1.54) is 6.92 Å². The fourth-order valence-corrected chi connectivity index (χ4v) is 6.04. The summed E-state index contributed by atoms with van der Waals surface area (Å²) >= 11 is 0.977. The predicted molar refractivity (Wildman–Crippen MR) is 162 cm³/mol. The van der Waals surface area contributed by atoms with Crippen LogP contribution >= 0.6 is 11.3 Å². The van der Waals surface area contributed by atoms with Gasteiger partial charge in [0.1, 0.15) is 35.6 Å². The highest BCUT2D eigenvalue weighted by molar-refractivity contribution is 7.09. The molecule has 224 valence electrons. The smallest absolute Gasteiger partial charge is 0.343 e. The summed E-state index contributed by atoms with van der Waals surface area (Å²) in [4.78, 5) is 39.2. The summed E-state index contributed by atoms with van der Waals surface area (Å²) in [5.74, 6) is 0.599. The second kappa shape index (κ2) is 12.0. The number of aromatic hydroxyl groups is 1. The van der Waals surface area contributed by atoms with Crippen LogP contribution in [-0.2, 0) is 16.0 Å². The number of esters is 2. The number of hydrogen-bond acceptors (Lipinski definition) is 9. The van der Waals surface area contributed by atoms with E-state index in [9.17, 15) is 19.5 Å². The number of carbonyl (C=O) groups excluding carboxylic acids is 2. The van der Waals surface area contributed by atoms with Gasteiger partial charge < -0.3 is 24.1 Å². The van der Waals surface area contributed by atoms with Gasteiger partial charge >= 0.3 is 16.8 Å². The lowest BCUT2D eigenvalue weighted by atomic mass is 9.85. The van der Waals surface area contributed by atoms with Crippen LogP contribution < -0.4 is 19.1 Å². The molecule has 2 heterocycles. The Balaban J connectivity index is 1.38. The molecule has 9 nitrogen and oxygen atoms in total. The molecular formula is C33H33NO8S. The van der Waals surface area contributed by atoms with Crippen LogP contribution in [0, 0.1) is 20.8 Å². The van der Waals surface area contributed by atoms with Gasteiger partial charge in [0.25, 0.3) is 0 Å². The number of nitrogens with one attached hydrogen (secondary N) is 1. The number of ether oxygens (including phenoxy) is 4. The molecule has 4 aromatic rings. The maximum atomic E-state index is 12.9. The van der Waals surface area contributed by atoms with Crippen molar-refractivity contribution in [1.82, 2.24) is 4.98 Å². The van der Waals surface area contributed by atoms with Gasteiger partial charge in [-0.1, -0.05) is 41.7 Å². The zero-order valence-electron chi connectivity index (χ0n) is 24.6. The number of thiazole rings is 1. The van der Waals surface area contributed by atoms with Crippen LogP contribution in [0.2, 0.25) is 0 Å². The molecule has 0 bridgehead atoms. The van der Waals surface area contributed by atoms with Crippen molar-refractivity contribution in [3.05, 3.63) is 103 Å². The van der Waals surface area contributed by atoms with Gasteiger partial charge in [0.15, 0.2) is 0 Å². The Hall–Kier alpha value is -4.57. The summed E-state index contributed by atoms with van der Waals surface area (Å²) in [5.41, 5.74) is 3.37. The minimum Gasteiger partial charge on any atom is -0.494 e. The van der Waals surface area contributed by atoms with Crippen molar-refractivity contribution in [2.45, 2.75) is 59.2 Å². The lowest BCUT2D eigenvalue weighted by Gasteiger charge is -2.41. The first-order valence-electron chi connectivity index (χ1n) is 13.8. The molecule has 3 aromatic carbocycles. The van der Waals surface area contributed by atoms with Crippen LogP contribution in [0.3, 0.4) is 0 Å². The number of rotatable bonds is 8. The molecule has 2 N–H and O–H groups in total. The van der Waals surface area contributed by atoms with E-state index in [4.69, 9.17) is 18.9 Å². The zero-order valence-corrected chi connectivity index (χ0v) is 25.4. The third-order valence-electron chi connectivity index (χ3n) is 7.57. The van der Waals surface area contributed by atoms with Crippen LogP contribution in [0.15, 0.2) is 59.4 Å². The molecule has 0 aliphatic carbocycles. The second-order valence-electron chi connectivity index (χ2n) is 11.0. The van der Waals surface area contributed by atoms with E-state index in [0.717, 1.165) is 28.0 Å². The molecule has 0 saturated heterocycles. The number of H-pyrrole nitrogens is 1. The Morgan fingerprint density at radius 2 is 1.74 bits per heavy atom. The van der Waals surface area contributed by atoms with Crippen LogP contribution in [0.1, 0.15) is 69.4 Å². The molecule has 2 unspecified atom stereocenters. The van der Waals surface area contributed by atoms with Crippen molar-refractivity contribution in [1.29, 1.82) is 0 Å². The van der Waals surface area contributed by atoms with E-state index in [0.29, 0.717) is 51.7 Å². The van der Waals surface area contributed by atoms with Crippen LogP contribution in [0.5, 0.6) is 23.1 Å². The highest BCUT2D eigenvalue weighted by Gasteiger charge is 2.43. The number of aromatic nitrogens is 1. The third kappa shape index (κ3) is 6.44. The lowest BCUT2D eigenvalue weighted by Crippen LogP contribution is -2.44. The van der Waals surface area contributed by atoms with Crippen molar-refractivity contribution in [2.75, 3.05) is 6.61 Å². The van der Waals surface area contributed by atoms with Gasteiger partial charge in [0.05, 0.1) is 10.4 Å². The van der Waals surface area contributed by atoms with Gasteiger partial charge in [-0.3, -0.25) is 14.6 Å². The van der Waals surface area contributed by atoms with Gasteiger partial charge in [-0.05, 0) is 68.7 Å². The summed E-state index contributed by atoms with van der Waals surface area (Å²) < 4.78 is 24.4. The molecule has 1 aromatic heterocycles. The third-order valence-corrected chi connectivity index (χ3v) is 8.44. The minimum absolute atomic E-state index is 0.109. The molecule has 5 rings (SSSR count). The topological polar surface area (TPSA) is 124 Å². The van der Waals surface area contributed by atoms with Gasteiger partial charge in [-0.25, -0.2) is 4.79 Å². The summed E-state index contributed by atoms with van der Waals surface area (Å²) in [6, 6.07) is 16.1. The molecule has 10 heteroatoms. The minimum atomic E-state index is -0.846. The highest BCUT2D eigenvalue weighted by Crippen LogP contribution is 2.49. The van der Waals surface area contributed by atoms with Crippen molar-refractivity contribution in [2.24, 2.45) is 0 Å². The maximum absolute atomic E-state index is 12.9. The summed E-state index contributed by atoms with van der Waals surface area (Å²) in [7, 11) is 0. The maximum Gasteiger partial charge on any atom is 0.343 e. The average Bonchev–Trinajstić information content (AvgIpc) is 3.29. The summed E-state index contributed by atoms with van der Waals surface area (Å²) in [6.07, 6.45) is 0.0863. The standard InChI is InChI=1S/C33H33NO8S/c1-18-19(2)29-27(20(3)28(18)41-31(37)23-9-7-6-8-10-23)25(40-21(4)35)16-33(5,42-29)17-39-24-13-11-22(12-14-24)15-26-30(36)34-32(38)43-26/h6-14,25,36H,15-17H2,1-5H3,(H,34,38). The number of carbonyl (C=O) groups is 2. The Morgan fingerprint density at radius 1 is 1.05 bits per heavy atom. The Kier molecular flexibility index (Phi) is 8.32. The molecular weight excluding hydrogens is 570 g/mol. The second-order valence-corrected chi connectivity index (χ2v) is 12.0.